The lowest BCUT2D eigenvalue weighted by Crippen LogP contribution is -2.12. The normalized spacial score (nSPS) is 10.2. The maximum atomic E-state index is 11.0. The van der Waals surface area contributed by atoms with Crippen molar-refractivity contribution in [2.45, 2.75) is 6.42 Å². The van der Waals surface area contributed by atoms with Crippen LogP contribution in [-0.2, 0) is 6.42 Å². The summed E-state index contributed by atoms with van der Waals surface area (Å²) in [5.41, 5.74) is 6.69. The molecule has 94 valence electrons. The molecule has 2 rings (SSSR count). The molecule has 1 aromatic heterocycles. The molecule has 4 N–H and O–H groups in total. The summed E-state index contributed by atoms with van der Waals surface area (Å²) in [6, 6.07) is 4.74. The first-order valence-electron chi connectivity index (χ1n) is 5.29. The van der Waals surface area contributed by atoms with Crippen molar-refractivity contribution in [2.75, 3.05) is 17.6 Å². The quantitative estimate of drug-likeness (QED) is 0.676. The molecule has 0 aliphatic heterocycles. The molecular weight excluding hydrogens is 236 g/mol. The first-order chi connectivity index (χ1) is 8.68. The third-order valence-corrected chi connectivity index (χ3v) is 2.38. The number of carboxylic acids is 1. The summed E-state index contributed by atoms with van der Waals surface area (Å²) in [6.45, 7) is 0.466. The van der Waals surface area contributed by atoms with Crippen molar-refractivity contribution in [1.82, 2.24) is 10.1 Å². The number of carbonyl (C=O) groups is 1. The molecule has 0 radical (unpaired) electrons. The second-order valence-corrected chi connectivity index (χ2v) is 3.60. The summed E-state index contributed by atoms with van der Waals surface area (Å²) in [5, 5.41) is 15.7. The van der Waals surface area contributed by atoms with Crippen molar-refractivity contribution < 1.29 is 14.4 Å². The molecule has 0 bridgehead atoms. The Hall–Kier alpha value is -2.57. The zero-order valence-electron chi connectivity index (χ0n) is 9.46. The van der Waals surface area contributed by atoms with Crippen molar-refractivity contribution in [3.63, 3.8) is 0 Å². The molecule has 0 fully saturated rings. The number of nitrogens with zero attached hydrogens (tertiary/aromatic N) is 2. The highest BCUT2D eigenvalue weighted by Crippen LogP contribution is 2.23. The van der Waals surface area contributed by atoms with Gasteiger partial charge in [0.25, 0.3) is 0 Å². The van der Waals surface area contributed by atoms with E-state index in [0.717, 1.165) is 0 Å². The van der Waals surface area contributed by atoms with Crippen LogP contribution < -0.4 is 11.1 Å². The minimum absolute atomic E-state index is 0.142. The van der Waals surface area contributed by atoms with Crippen LogP contribution in [0.3, 0.4) is 0 Å². The number of anilines is 2. The van der Waals surface area contributed by atoms with E-state index >= 15 is 0 Å². The van der Waals surface area contributed by atoms with E-state index in [1.165, 1.54) is 12.5 Å². The van der Waals surface area contributed by atoms with Gasteiger partial charge in [0, 0.05) is 13.0 Å². The highest BCUT2D eigenvalue weighted by atomic mass is 16.5. The molecule has 0 amide bonds. The topological polar surface area (TPSA) is 114 Å². The number of carboxylic acid groups (broad SMARTS) is 1. The van der Waals surface area contributed by atoms with Crippen LogP contribution in [0.25, 0.3) is 0 Å². The highest BCUT2D eigenvalue weighted by Gasteiger charge is 2.12. The van der Waals surface area contributed by atoms with Crippen LogP contribution in [-0.4, -0.2) is 27.8 Å². The Balaban J connectivity index is 2.06. The van der Waals surface area contributed by atoms with E-state index < -0.39 is 5.97 Å². The Morgan fingerprint density at radius 1 is 1.50 bits per heavy atom. The second kappa shape index (κ2) is 5.17. The number of hydrogen-bond acceptors (Lipinski definition) is 6. The lowest BCUT2D eigenvalue weighted by Gasteiger charge is -2.11. The standard InChI is InChI=1S/C11H12N4O3/c12-8-3-1-2-7(11(16)17)10(8)13-5-4-9-14-6-18-15-9/h1-3,6,13H,4-5,12H2,(H,16,17). The van der Waals surface area contributed by atoms with Crippen LogP contribution in [0, 0.1) is 0 Å². The van der Waals surface area contributed by atoms with Gasteiger partial charge in [0.2, 0.25) is 6.39 Å². The predicted octanol–water partition coefficient (Wildman–Crippen LogP) is 1.00. The largest absolute Gasteiger partial charge is 0.478 e. The molecule has 0 atom stereocenters. The van der Waals surface area contributed by atoms with Gasteiger partial charge in [0.15, 0.2) is 5.82 Å². The fourth-order valence-electron chi connectivity index (χ4n) is 1.55. The van der Waals surface area contributed by atoms with Crippen molar-refractivity contribution in [3.05, 3.63) is 36.0 Å². The van der Waals surface area contributed by atoms with E-state index in [2.05, 4.69) is 20.0 Å². The van der Waals surface area contributed by atoms with Gasteiger partial charge in [-0.2, -0.15) is 4.98 Å². The van der Waals surface area contributed by atoms with Crippen LogP contribution in [0.2, 0.25) is 0 Å². The molecule has 0 saturated heterocycles. The number of rotatable bonds is 5. The lowest BCUT2D eigenvalue weighted by molar-refractivity contribution is 0.0698. The molecule has 0 aliphatic carbocycles. The fourth-order valence-corrected chi connectivity index (χ4v) is 1.55. The van der Waals surface area contributed by atoms with Crippen LogP contribution >= 0.6 is 0 Å². The van der Waals surface area contributed by atoms with Crippen LogP contribution in [0.4, 0.5) is 11.4 Å². The number of nitrogens with one attached hydrogen (secondary N) is 1. The van der Waals surface area contributed by atoms with Gasteiger partial charge in [0.05, 0.1) is 16.9 Å². The fraction of sp³-hybridized carbons (Fsp3) is 0.182. The van der Waals surface area contributed by atoms with Gasteiger partial charge >= 0.3 is 5.97 Å². The van der Waals surface area contributed by atoms with Crippen molar-refractivity contribution >= 4 is 17.3 Å². The molecule has 0 aliphatic rings. The SMILES string of the molecule is Nc1cccc(C(=O)O)c1NCCc1ncon1. The van der Waals surface area contributed by atoms with Gasteiger partial charge in [-0.05, 0) is 12.1 Å². The number of hydrogen-bond donors (Lipinski definition) is 3. The van der Waals surface area contributed by atoms with Gasteiger partial charge in [0.1, 0.15) is 0 Å². The van der Waals surface area contributed by atoms with E-state index in [1.807, 2.05) is 0 Å². The third-order valence-electron chi connectivity index (χ3n) is 2.38. The maximum Gasteiger partial charge on any atom is 0.337 e. The van der Waals surface area contributed by atoms with Gasteiger partial charge in [-0.15, -0.1) is 0 Å². The lowest BCUT2D eigenvalue weighted by atomic mass is 10.1. The van der Waals surface area contributed by atoms with Crippen LogP contribution in [0.1, 0.15) is 16.2 Å². The zero-order chi connectivity index (χ0) is 13.0. The smallest absolute Gasteiger partial charge is 0.337 e. The van der Waals surface area contributed by atoms with Gasteiger partial charge < -0.3 is 20.7 Å². The number of para-hydroxylation sites is 1. The molecule has 7 nitrogen and oxygen atoms in total. The van der Waals surface area contributed by atoms with Crippen LogP contribution in [0.15, 0.2) is 29.1 Å². The Bertz CT molecular complexity index is 539. The van der Waals surface area contributed by atoms with Crippen LogP contribution in [0.5, 0.6) is 0 Å². The maximum absolute atomic E-state index is 11.0. The second-order valence-electron chi connectivity index (χ2n) is 3.60. The van der Waals surface area contributed by atoms with Crippen molar-refractivity contribution in [3.8, 4) is 0 Å². The molecule has 18 heavy (non-hydrogen) atoms. The summed E-state index contributed by atoms with van der Waals surface area (Å²) in [7, 11) is 0. The zero-order valence-corrected chi connectivity index (χ0v) is 9.46. The predicted molar refractivity (Wildman–Crippen MR) is 64.3 cm³/mol. The molecule has 0 spiro atoms. The average molecular weight is 248 g/mol. The molecule has 1 heterocycles. The van der Waals surface area contributed by atoms with Crippen molar-refractivity contribution in [2.24, 2.45) is 0 Å². The third kappa shape index (κ3) is 2.57. The van der Waals surface area contributed by atoms with Gasteiger partial charge in [-0.3, -0.25) is 0 Å². The first kappa shape index (κ1) is 11.9. The summed E-state index contributed by atoms with van der Waals surface area (Å²) in [4.78, 5) is 14.9. The minimum Gasteiger partial charge on any atom is -0.478 e. The number of nitrogens with two attached hydrogens (primary N) is 1. The number of benzene rings is 1. The number of aromatic nitrogens is 2. The monoisotopic (exact) mass is 248 g/mol. The van der Waals surface area contributed by atoms with Gasteiger partial charge in [-0.25, -0.2) is 4.79 Å². The Kier molecular flexibility index (Phi) is 3.42. The number of aromatic carboxylic acids is 1. The molecule has 1 aromatic carbocycles. The summed E-state index contributed by atoms with van der Waals surface area (Å²) in [5.74, 6) is -0.474. The van der Waals surface area contributed by atoms with E-state index in [4.69, 9.17) is 10.8 Å². The van der Waals surface area contributed by atoms with Gasteiger partial charge in [-0.1, -0.05) is 11.2 Å². The Labute approximate surface area is 103 Å². The van der Waals surface area contributed by atoms with E-state index in [0.29, 0.717) is 30.2 Å². The highest BCUT2D eigenvalue weighted by molar-refractivity contribution is 5.97. The number of nitrogen functional groups attached to an aromatic ring is 1. The first-order valence-corrected chi connectivity index (χ1v) is 5.29. The summed E-state index contributed by atoms with van der Waals surface area (Å²) in [6.07, 6.45) is 1.76. The van der Waals surface area contributed by atoms with E-state index in [1.54, 1.807) is 12.1 Å². The van der Waals surface area contributed by atoms with Crippen molar-refractivity contribution in [1.29, 1.82) is 0 Å². The molecule has 7 heteroatoms. The minimum atomic E-state index is -1.02. The molecule has 0 saturated carbocycles. The Morgan fingerprint density at radius 2 is 2.33 bits per heavy atom. The summed E-state index contributed by atoms with van der Waals surface area (Å²) >= 11 is 0. The van der Waals surface area contributed by atoms with E-state index in [-0.39, 0.29) is 5.56 Å². The average Bonchev–Trinajstić information content (AvgIpc) is 2.84. The molecule has 2 aromatic rings. The van der Waals surface area contributed by atoms with E-state index in [9.17, 15) is 4.79 Å². The Morgan fingerprint density at radius 3 is 3.00 bits per heavy atom. The molecule has 0 unspecified atom stereocenters. The molecular formula is C11H12N4O3. The summed E-state index contributed by atoms with van der Waals surface area (Å²) < 4.78 is 4.60.